The molecule has 2 aliphatic rings. The molecule has 1 saturated carbocycles. The van der Waals surface area contributed by atoms with Crippen molar-refractivity contribution < 1.29 is 19.1 Å². The number of aromatic nitrogens is 3. The van der Waals surface area contributed by atoms with Gasteiger partial charge in [-0.25, -0.2) is 9.59 Å². The molecule has 2 aromatic rings. The van der Waals surface area contributed by atoms with Gasteiger partial charge >= 0.3 is 11.9 Å². The number of thiophene rings is 1. The summed E-state index contributed by atoms with van der Waals surface area (Å²) in [6, 6.07) is 0.412. The molecule has 9 nitrogen and oxygen atoms in total. The molecule has 0 aromatic carbocycles. The summed E-state index contributed by atoms with van der Waals surface area (Å²) in [7, 11) is 0. The first kappa shape index (κ1) is 21.9. The van der Waals surface area contributed by atoms with Crippen molar-refractivity contribution in [2.24, 2.45) is 0 Å². The minimum Gasteiger partial charge on any atom is -0.462 e. The number of nitrogens with two attached hydrogens (primary N) is 1. The molecule has 0 radical (unpaired) electrons. The molecule has 2 fully saturated rings. The van der Waals surface area contributed by atoms with E-state index in [2.05, 4.69) is 19.7 Å². The van der Waals surface area contributed by atoms with E-state index in [-0.39, 0.29) is 23.8 Å². The van der Waals surface area contributed by atoms with Crippen LogP contribution in [0.1, 0.15) is 71.2 Å². The zero-order chi connectivity index (χ0) is 22.0. The number of carbonyl (C=O) groups excluding carboxylic acids is 2. The Morgan fingerprint density at radius 3 is 2.45 bits per heavy atom. The third-order valence-electron chi connectivity index (χ3n) is 5.27. The highest BCUT2D eigenvalue weighted by Gasteiger charge is 2.33. The summed E-state index contributed by atoms with van der Waals surface area (Å²) >= 11 is 2.52. The van der Waals surface area contributed by atoms with Gasteiger partial charge in [0.1, 0.15) is 9.88 Å². The Morgan fingerprint density at radius 2 is 1.81 bits per heavy atom. The lowest BCUT2D eigenvalue weighted by atomic mass is 10.1. The Morgan fingerprint density at radius 1 is 1.13 bits per heavy atom. The van der Waals surface area contributed by atoms with Crippen molar-refractivity contribution in [2.75, 3.05) is 36.9 Å². The van der Waals surface area contributed by atoms with E-state index in [1.807, 2.05) is 0 Å². The summed E-state index contributed by atoms with van der Waals surface area (Å²) in [6.07, 6.45) is 4.56. The molecule has 1 aliphatic carbocycles. The van der Waals surface area contributed by atoms with Gasteiger partial charge in [-0.1, -0.05) is 11.8 Å². The Balaban J connectivity index is 1.63. The molecule has 4 rings (SSSR count). The summed E-state index contributed by atoms with van der Waals surface area (Å²) in [4.78, 5) is 27.7. The van der Waals surface area contributed by atoms with Crippen LogP contribution in [0.3, 0.4) is 0 Å². The lowest BCUT2D eigenvalue weighted by molar-refractivity contribution is 0.0527. The quantitative estimate of drug-likeness (QED) is 0.439. The fourth-order valence-electron chi connectivity index (χ4n) is 3.70. The summed E-state index contributed by atoms with van der Waals surface area (Å²) in [5, 5.41) is 9.96. The van der Waals surface area contributed by atoms with Gasteiger partial charge in [-0.05, 0) is 39.5 Å². The highest BCUT2D eigenvalue weighted by Crippen LogP contribution is 2.43. The van der Waals surface area contributed by atoms with E-state index in [0.29, 0.717) is 22.2 Å². The van der Waals surface area contributed by atoms with Crippen molar-refractivity contribution in [2.45, 2.75) is 56.5 Å². The van der Waals surface area contributed by atoms with Gasteiger partial charge in [0, 0.05) is 30.4 Å². The van der Waals surface area contributed by atoms with Gasteiger partial charge < -0.3 is 20.1 Å². The number of esters is 2. The molecule has 11 heteroatoms. The van der Waals surface area contributed by atoms with Gasteiger partial charge in [0.15, 0.2) is 5.16 Å². The van der Waals surface area contributed by atoms with E-state index < -0.39 is 11.9 Å². The Kier molecular flexibility index (Phi) is 6.71. The fourth-order valence-corrected chi connectivity index (χ4v) is 5.79. The van der Waals surface area contributed by atoms with E-state index >= 15 is 0 Å². The van der Waals surface area contributed by atoms with Crippen LogP contribution in [0.15, 0.2) is 5.16 Å². The van der Waals surface area contributed by atoms with Crippen molar-refractivity contribution in [1.82, 2.24) is 14.8 Å². The number of ether oxygens (including phenoxy) is 2. The second-order valence-corrected chi connectivity index (χ2v) is 9.45. The van der Waals surface area contributed by atoms with Crippen LogP contribution in [0.5, 0.6) is 0 Å². The number of anilines is 2. The lowest BCUT2D eigenvalue weighted by Crippen LogP contribution is -2.22. The summed E-state index contributed by atoms with van der Waals surface area (Å²) in [5.41, 5.74) is 6.90. The van der Waals surface area contributed by atoms with Crippen LogP contribution in [-0.4, -0.2) is 53.0 Å². The van der Waals surface area contributed by atoms with Crippen molar-refractivity contribution in [3.63, 3.8) is 0 Å². The molecular formula is C20H27N5O4S2. The number of carbonyl (C=O) groups is 2. The average molecular weight is 466 g/mol. The van der Waals surface area contributed by atoms with Gasteiger partial charge in [-0.3, -0.25) is 4.57 Å². The molecule has 2 N–H and O–H groups in total. The highest BCUT2D eigenvalue weighted by molar-refractivity contribution is 7.98. The van der Waals surface area contributed by atoms with E-state index in [1.54, 1.807) is 13.8 Å². The van der Waals surface area contributed by atoms with Crippen molar-refractivity contribution in [3.8, 4) is 0 Å². The number of nitrogen functional groups attached to an aromatic ring is 1. The van der Waals surface area contributed by atoms with Crippen molar-refractivity contribution in [1.29, 1.82) is 0 Å². The topological polar surface area (TPSA) is 113 Å². The molecule has 0 atom stereocenters. The van der Waals surface area contributed by atoms with Crippen molar-refractivity contribution in [3.05, 3.63) is 16.0 Å². The molecule has 31 heavy (non-hydrogen) atoms. The standard InChI is InChI=1S/C20H27N5O4S2/c1-3-28-17(26)14-13(15(31-16(14)21)18(27)29-4-2)11-30-20-23-22-19(24-9-5-6-10-24)25(20)12-7-8-12/h12H,3-11,21H2,1-2H3. The van der Waals surface area contributed by atoms with Crippen LogP contribution in [0.2, 0.25) is 0 Å². The maximum absolute atomic E-state index is 12.6. The first-order valence-electron chi connectivity index (χ1n) is 10.6. The molecule has 0 spiro atoms. The zero-order valence-electron chi connectivity index (χ0n) is 17.8. The number of hydrogen-bond acceptors (Lipinski definition) is 10. The van der Waals surface area contributed by atoms with Crippen LogP contribution in [0, 0.1) is 0 Å². The highest BCUT2D eigenvalue weighted by atomic mass is 32.2. The Bertz CT molecular complexity index is 963. The Labute approximate surface area is 189 Å². The van der Waals surface area contributed by atoms with Gasteiger partial charge in [0.25, 0.3) is 0 Å². The molecule has 168 valence electrons. The third kappa shape index (κ3) is 4.52. The Hall–Kier alpha value is -2.27. The number of hydrogen-bond donors (Lipinski definition) is 1. The van der Waals surface area contributed by atoms with E-state index in [0.717, 1.165) is 48.4 Å². The van der Waals surface area contributed by atoms with Gasteiger partial charge in [-0.15, -0.1) is 21.5 Å². The fraction of sp³-hybridized carbons (Fsp3) is 0.600. The average Bonchev–Trinajstić information content (AvgIpc) is 3.15. The molecule has 2 aromatic heterocycles. The number of nitrogens with zero attached hydrogens (tertiary/aromatic N) is 4. The number of rotatable bonds is 9. The van der Waals surface area contributed by atoms with Gasteiger partial charge in [-0.2, -0.15) is 0 Å². The number of thioether (sulfide) groups is 1. The molecule has 0 bridgehead atoms. The largest absolute Gasteiger partial charge is 0.462 e. The molecule has 1 aliphatic heterocycles. The van der Waals surface area contributed by atoms with Crippen LogP contribution >= 0.6 is 23.1 Å². The smallest absolute Gasteiger partial charge is 0.348 e. The zero-order valence-corrected chi connectivity index (χ0v) is 19.4. The predicted molar refractivity (Wildman–Crippen MR) is 120 cm³/mol. The predicted octanol–water partition coefficient (Wildman–Crippen LogP) is 3.50. The second-order valence-electron chi connectivity index (χ2n) is 7.46. The molecule has 0 amide bonds. The summed E-state index contributed by atoms with van der Waals surface area (Å²) < 4.78 is 12.6. The van der Waals surface area contributed by atoms with Gasteiger partial charge in [0.2, 0.25) is 5.95 Å². The van der Waals surface area contributed by atoms with Crippen LogP contribution < -0.4 is 10.6 Å². The lowest BCUT2D eigenvalue weighted by Gasteiger charge is -2.18. The minimum absolute atomic E-state index is 0.227. The molecular weight excluding hydrogens is 438 g/mol. The van der Waals surface area contributed by atoms with Crippen LogP contribution in [-0.2, 0) is 15.2 Å². The van der Waals surface area contributed by atoms with Gasteiger partial charge in [0.05, 0.1) is 18.8 Å². The maximum Gasteiger partial charge on any atom is 0.348 e. The minimum atomic E-state index is -0.524. The van der Waals surface area contributed by atoms with E-state index in [4.69, 9.17) is 15.2 Å². The first-order valence-corrected chi connectivity index (χ1v) is 12.4. The van der Waals surface area contributed by atoms with Crippen LogP contribution in [0.25, 0.3) is 0 Å². The third-order valence-corrected chi connectivity index (χ3v) is 7.28. The summed E-state index contributed by atoms with van der Waals surface area (Å²) in [5.74, 6) is 0.264. The normalized spacial score (nSPS) is 16.0. The summed E-state index contributed by atoms with van der Waals surface area (Å²) in [6.45, 7) is 5.94. The van der Waals surface area contributed by atoms with E-state index in [1.165, 1.54) is 24.6 Å². The monoisotopic (exact) mass is 465 g/mol. The first-order chi connectivity index (χ1) is 15.0. The molecule has 3 heterocycles. The second kappa shape index (κ2) is 9.47. The van der Waals surface area contributed by atoms with Crippen LogP contribution in [0.4, 0.5) is 10.9 Å². The maximum atomic E-state index is 12.6. The van der Waals surface area contributed by atoms with E-state index in [9.17, 15) is 9.59 Å². The SMILES string of the molecule is CCOC(=O)c1sc(N)c(C(=O)OCC)c1CSc1nnc(N2CCCC2)n1C1CC1. The van der Waals surface area contributed by atoms with Crippen molar-refractivity contribution >= 4 is 46.0 Å². The molecule has 1 saturated heterocycles. The molecule has 0 unspecified atom stereocenters.